The summed E-state index contributed by atoms with van der Waals surface area (Å²) in [6.07, 6.45) is 4.79. The van der Waals surface area contributed by atoms with E-state index in [0.29, 0.717) is 12.1 Å². The van der Waals surface area contributed by atoms with Gasteiger partial charge in [0.2, 0.25) is 5.91 Å². The molecule has 0 aromatic rings. The molecule has 0 bridgehead atoms. The SMILES string of the molecule is CNC(=O)[C@@H](C)NC1CCC(OC)CC1. The maximum absolute atomic E-state index is 11.3. The second-order valence-corrected chi connectivity index (χ2v) is 4.21. The van der Waals surface area contributed by atoms with E-state index in [0.717, 1.165) is 25.7 Å². The number of rotatable bonds is 4. The monoisotopic (exact) mass is 214 g/mol. The van der Waals surface area contributed by atoms with Crippen molar-refractivity contribution in [2.75, 3.05) is 14.2 Å². The summed E-state index contributed by atoms with van der Waals surface area (Å²) in [5.74, 6) is 0.0591. The summed E-state index contributed by atoms with van der Waals surface area (Å²) in [5.41, 5.74) is 0. The van der Waals surface area contributed by atoms with Gasteiger partial charge >= 0.3 is 0 Å². The largest absolute Gasteiger partial charge is 0.381 e. The lowest BCUT2D eigenvalue weighted by atomic mass is 9.92. The summed E-state index contributed by atoms with van der Waals surface area (Å²) >= 11 is 0. The van der Waals surface area contributed by atoms with Gasteiger partial charge in [-0.05, 0) is 32.6 Å². The highest BCUT2D eigenvalue weighted by Gasteiger charge is 2.23. The lowest BCUT2D eigenvalue weighted by Gasteiger charge is -2.30. The highest BCUT2D eigenvalue weighted by molar-refractivity contribution is 5.80. The van der Waals surface area contributed by atoms with Crippen LogP contribution in [0.25, 0.3) is 0 Å². The number of hydrogen-bond acceptors (Lipinski definition) is 3. The van der Waals surface area contributed by atoms with Crippen LogP contribution < -0.4 is 10.6 Å². The third kappa shape index (κ3) is 3.80. The van der Waals surface area contributed by atoms with E-state index in [-0.39, 0.29) is 11.9 Å². The minimum absolute atomic E-state index is 0.0591. The van der Waals surface area contributed by atoms with Gasteiger partial charge in [0.25, 0.3) is 0 Å². The van der Waals surface area contributed by atoms with Crippen LogP contribution in [-0.2, 0) is 9.53 Å². The molecule has 0 aliphatic heterocycles. The summed E-state index contributed by atoms with van der Waals surface area (Å²) in [5, 5.41) is 5.99. The summed E-state index contributed by atoms with van der Waals surface area (Å²) in [6, 6.07) is 0.364. The smallest absolute Gasteiger partial charge is 0.236 e. The van der Waals surface area contributed by atoms with Gasteiger partial charge in [-0.1, -0.05) is 0 Å². The number of carbonyl (C=O) groups is 1. The molecule has 0 spiro atoms. The molecule has 15 heavy (non-hydrogen) atoms. The Morgan fingerprint density at radius 2 is 1.93 bits per heavy atom. The number of carbonyl (C=O) groups excluding carboxylic acids is 1. The predicted octanol–water partition coefficient (Wildman–Crippen LogP) is 0.668. The minimum atomic E-state index is -0.0981. The Labute approximate surface area is 91.8 Å². The molecule has 0 unspecified atom stereocenters. The standard InChI is InChI=1S/C11H22N2O2/c1-8(11(14)12-2)13-9-4-6-10(15-3)7-5-9/h8-10,13H,4-7H2,1-3H3,(H,12,14)/t8-,9?,10?/m1/s1. The maximum atomic E-state index is 11.3. The molecule has 0 heterocycles. The van der Waals surface area contributed by atoms with Crippen LogP contribution in [0.4, 0.5) is 0 Å². The third-order valence-electron chi connectivity index (χ3n) is 3.13. The molecule has 1 rings (SSSR count). The predicted molar refractivity (Wildman–Crippen MR) is 59.7 cm³/mol. The van der Waals surface area contributed by atoms with Gasteiger partial charge in [0, 0.05) is 20.2 Å². The molecule has 0 saturated heterocycles. The molecule has 0 radical (unpaired) electrons. The zero-order valence-corrected chi connectivity index (χ0v) is 9.88. The van der Waals surface area contributed by atoms with Gasteiger partial charge in [0.1, 0.15) is 0 Å². The fourth-order valence-electron chi connectivity index (χ4n) is 2.11. The zero-order valence-electron chi connectivity index (χ0n) is 9.88. The van der Waals surface area contributed by atoms with Crippen molar-refractivity contribution in [3.05, 3.63) is 0 Å². The highest BCUT2D eigenvalue weighted by atomic mass is 16.5. The van der Waals surface area contributed by atoms with Gasteiger partial charge < -0.3 is 15.4 Å². The van der Waals surface area contributed by atoms with Crippen molar-refractivity contribution < 1.29 is 9.53 Å². The normalized spacial score (nSPS) is 28.5. The molecule has 1 aliphatic carbocycles. The molecule has 0 aromatic carbocycles. The van der Waals surface area contributed by atoms with Gasteiger partial charge in [0.05, 0.1) is 12.1 Å². The van der Waals surface area contributed by atoms with Crippen molar-refractivity contribution in [3.8, 4) is 0 Å². The van der Waals surface area contributed by atoms with Gasteiger partial charge in [-0.3, -0.25) is 4.79 Å². The lowest BCUT2D eigenvalue weighted by Crippen LogP contribution is -2.47. The Kier molecular flexibility index (Phi) is 5.05. The second kappa shape index (κ2) is 6.08. The molecular weight excluding hydrogens is 192 g/mol. The van der Waals surface area contributed by atoms with E-state index in [4.69, 9.17) is 4.74 Å². The van der Waals surface area contributed by atoms with E-state index in [1.807, 2.05) is 6.92 Å². The van der Waals surface area contributed by atoms with E-state index < -0.39 is 0 Å². The van der Waals surface area contributed by atoms with Crippen molar-refractivity contribution in [2.24, 2.45) is 0 Å². The van der Waals surface area contributed by atoms with Gasteiger partial charge in [-0.15, -0.1) is 0 Å². The Morgan fingerprint density at radius 3 is 2.40 bits per heavy atom. The fourth-order valence-corrected chi connectivity index (χ4v) is 2.11. The molecule has 1 saturated carbocycles. The number of nitrogens with one attached hydrogen (secondary N) is 2. The zero-order chi connectivity index (χ0) is 11.3. The van der Waals surface area contributed by atoms with E-state index in [1.165, 1.54) is 0 Å². The fraction of sp³-hybridized carbons (Fsp3) is 0.909. The van der Waals surface area contributed by atoms with Crippen LogP contribution in [0.15, 0.2) is 0 Å². The summed E-state index contributed by atoms with van der Waals surface area (Å²) in [7, 11) is 3.44. The Hall–Kier alpha value is -0.610. The molecule has 1 aliphatic rings. The van der Waals surface area contributed by atoms with Crippen LogP contribution in [0.2, 0.25) is 0 Å². The van der Waals surface area contributed by atoms with Crippen LogP contribution >= 0.6 is 0 Å². The first kappa shape index (κ1) is 12.5. The molecule has 4 heteroatoms. The second-order valence-electron chi connectivity index (χ2n) is 4.21. The summed E-state index contributed by atoms with van der Waals surface area (Å²) in [6.45, 7) is 1.90. The van der Waals surface area contributed by atoms with E-state index in [9.17, 15) is 4.79 Å². The molecule has 1 amide bonds. The average Bonchev–Trinajstić information content (AvgIpc) is 2.29. The number of likely N-dealkylation sites (N-methyl/N-ethyl adjacent to an activating group) is 1. The Balaban J connectivity index is 2.26. The van der Waals surface area contributed by atoms with Gasteiger partial charge in [-0.25, -0.2) is 0 Å². The van der Waals surface area contributed by atoms with Gasteiger partial charge in [0.15, 0.2) is 0 Å². The molecule has 88 valence electrons. The maximum Gasteiger partial charge on any atom is 0.236 e. The van der Waals surface area contributed by atoms with Crippen molar-refractivity contribution in [3.63, 3.8) is 0 Å². The minimum Gasteiger partial charge on any atom is -0.381 e. The summed E-state index contributed by atoms with van der Waals surface area (Å²) in [4.78, 5) is 11.3. The van der Waals surface area contributed by atoms with E-state index in [2.05, 4.69) is 10.6 Å². The quantitative estimate of drug-likeness (QED) is 0.723. The average molecular weight is 214 g/mol. The van der Waals surface area contributed by atoms with Crippen LogP contribution in [0.3, 0.4) is 0 Å². The van der Waals surface area contributed by atoms with Crippen LogP contribution in [-0.4, -0.2) is 38.3 Å². The number of methoxy groups -OCH3 is 1. The summed E-state index contributed by atoms with van der Waals surface area (Å²) < 4.78 is 5.31. The third-order valence-corrected chi connectivity index (χ3v) is 3.13. The number of ether oxygens (including phenoxy) is 1. The molecule has 4 nitrogen and oxygen atoms in total. The molecule has 2 N–H and O–H groups in total. The topological polar surface area (TPSA) is 50.4 Å². The highest BCUT2D eigenvalue weighted by Crippen LogP contribution is 2.20. The first-order valence-corrected chi connectivity index (χ1v) is 5.67. The first-order valence-electron chi connectivity index (χ1n) is 5.67. The van der Waals surface area contributed by atoms with Crippen LogP contribution in [0, 0.1) is 0 Å². The number of hydrogen-bond donors (Lipinski definition) is 2. The lowest BCUT2D eigenvalue weighted by molar-refractivity contribution is -0.122. The number of amides is 1. The van der Waals surface area contributed by atoms with Crippen molar-refractivity contribution in [2.45, 2.75) is 50.8 Å². The van der Waals surface area contributed by atoms with Crippen molar-refractivity contribution in [1.82, 2.24) is 10.6 Å². The van der Waals surface area contributed by atoms with Gasteiger partial charge in [-0.2, -0.15) is 0 Å². The Bertz CT molecular complexity index is 201. The van der Waals surface area contributed by atoms with Crippen molar-refractivity contribution >= 4 is 5.91 Å². The van der Waals surface area contributed by atoms with Crippen LogP contribution in [0.5, 0.6) is 0 Å². The first-order chi connectivity index (χ1) is 7.17. The Morgan fingerprint density at radius 1 is 1.33 bits per heavy atom. The molecule has 1 atom stereocenters. The van der Waals surface area contributed by atoms with Crippen LogP contribution in [0.1, 0.15) is 32.6 Å². The van der Waals surface area contributed by atoms with E-state index >= 15 is 0 Å². The molecule has 1 fully saturated rings. The van der Waals surface area contributed by atoms with E-state index in [1.54, 1.807) is 14.2 Å². The molecular formula is C11H22N2O2. The molecule has 0 aromatic heterocycles. The van der Waals surface area contributed by atoms with Crippen molar-refractivity contribution in [1.29, 1.82) is 0 Å².